The molecular formula is C25H28N4O3. The molecule has 0 bridgehead atoms. The van der Waals surface area contributed by atoms with Gasteiger partial charge in [-0.1, -0.05) is 49.2 Å². The molecule has 1 heterocycles. The van der Waals surface area contributed by atoms with Gasteiger partial charge < -0.3 is 20.5 Å². The smallest absolute Gasteiger partial charge is 0.268 e. The van der Waals surface area contributed by atoms with Gasteiger partial charge in [0.2, 0.25) is 11.8 Å². The minimum Gasteiger partial charge on any atom is -0.347 e. The number of rotatable bonds is 6. The number of carbonyl (C=O) groups excluding carboxylic acids is 3. The lowest BCUT2D eigenvalue weighted by Gasteiger charge is -2.31. The van der Waals surface area contributed by atoms with Gasteiger partial charge in [0.1, 0.15) is 5.69 Å². The molecule has 4 rings (SSSR count). The van der Waals surface area contributed by atoms with E-state index in [1.54, 1.807) is 12.1 Å². The van der Waals surface area contributed by atoms with Crippen LogP contribution in [0.25, 0.3) is 10.9 Å². The molecule has 1 fully saturated rings. The molecule has 32 heavy (non-hydrogen) atoms. The minimum absolute atomic E-state index is 0.103. The van der Waals surface area contributed by atoms with Crippen LogP contribution >= 0.6 is 0 Å². The highest BCUT2D eigenvalue weighted by Gasteiger charge is 2.32. The molecule has 2 aromatic carbocycles. The lowest BCUT2D eigenvalue weighted by Crippen LogP contribution is -2.49. The zero-order valence-corrected chi connectivity index (χ0v) is 18.1. The summed E-state index contributed by atoms with van der Waals surface area (Å²) in [6.45, 7) is -0.103. The van der Waals surface area contributed by atoms with Crippen molar-refractivity contribution in [2.24, 2.45) is 13.0 Å². The van der Waals surface area contributed by atoms with Crippen LogP contribution in [0.3, 0.4) is 0 Å². The van der Waals surface area contributed by atoms with E-state index in [2.05, 4.69) is 16.0 Å². The maximum Gasteiger partial charge on any atom is 0.268 e. The highest BCUT2D eigenvalue weighted by Crippen LogP contribution is 2.26. The maximum absolute atomic E-state index is 13.0. The molecule has 1 saturated carbocycles. The standard InChI is InChI=1S/C25H28N4O3/c1-29-21-14-8-5-9-17(21)15-22(29)25(32)28-20-13-7-6-12-19(20)24(31)26-16-23(30)27-18-10-3-2-4-11-18/h2-5,8-11,14-15,19-20H,6-7,12-13,16H2,1H3,(H,26,31)(H,27,30)(H,28,32)/t19-,20+/m1/s1. The number of benzene rings is 2. The zero-order valence-electron chi connectivity index (χ0n) is 18.1. The van der Waals surface area contributed by atoms with Crippen molar-refractivity contribution >= 4 is 34.3 Å². The Labute approximate surface area is 187 Å². The summed E-state index contributed by atoms with van der Waals surface area (Å²) in [6.07, 6.45) is 3.31. The minimum atomic E-state index is -0.355. The molecule has 0 unspecified atom stereocenters. The summed E-state index contributed by atoms with van der Waals surface area (Å²) in [4.78, 5) is 38.0. The topological polar surface area (TPSA) is 92.2 Å². The van der Waals surface area contributed by atoms with Crippen LogP contribution < -0.4 is 16.0 Å². The van der Waals surface area contributed by atoms with Gasteiger partial charge in [0.25, 0.3) is 5.91 Å². The molecule has 0 saturated heterocycles. The third kappa shape index (κ3) is 4.82. The second kappa shape index (κ2) is 9.68. The van der Waals surface area contributed by atoms with Crippen LogP contribution in [0.1, 0.15) is 36.2 Å². The van der Waals surface area contributed by atoms with E-state index in [0.717, 1.165) is 30.2 Å². The lowest BCUT2D eigenvalue weighted by atomic mass is 9.83. The van der Waals surface area contributed by atoms with Gasteiger partial charge in [-0.2, -0.15) is 0 Å². The molecule has 3 N–H and O–H groups in total. The quantitative estimate of drug-likeness (QED) is 0.558. The first-order valence-electron chi connectivity index (χ1n) is 11.0. The van der Waals surface area contributed by atoms with Gasteiger partial charge in [-0.15, -0.1) is 0 Å². The van der Waals surface area contributed by atoms with Crippen molar-refractivity contribution in [2.45, 2.75) is 31.7 Å². The monoisotopic (exact) mass is 432 g/mol. The fourth-order valence-corrected chi connectivity index (χ4v) is 4.39. The molecular weight excluding hydrogens is 404 g/mol. The molecule has 3 amide bonds. The molecule has 166 valence electrons. The molecule has 1 aromatic heterocycles. The molecule has 3 aromatic rings. The summed E-state index contributed by atoms with van der Waals surface area (Å²) in [5.41, 5.74) is 2.24. The molecule has 0 spiro atoms. The molecule has 0 radical (unpaired) electrons. The normalized spacial score (nSPS) is 18.2. The van der Waals surface area contributed by atoms with E-state index < -0.39 is 0 Å². The maximum atomic E-state index is 13.0. The number of amides is 3. The van der Waals surface area contributed by atoms with E-state index in [0.29, 0.717) is 17.8 Å². The Hall–Kier alpha value is -3.61. The van der Waals surface area contributed by atoms with Crippen molar-refractivity contribution in [3.05, 3.63) is 66.4 Å². The number of anilines is 1. The van der Waals surface area contributed by atoms with E-state index in [-0.39, 0.29) is 36.2 Å². The summed E-state index contributed by atoms with van der Waals surface area (Å²) in [6, 6.07) is 18.6. The predicted molar refractivity (Wildman–Crippen MR) is 124 cm³/mol. The molecule has 2 atom stereocenters. The number of aromatic nitrogens is 1. The van der Waals surface area contributed by atoms with Gasteiger partial charge in [0.15, 0.2) is 0 Å². The Morgan fingerprint density at radius 1 is 0.969 bits per heavy atom. The number of para-hydroxylation sites is 2. The van der Waals surface area contributed by atoms with Crippen molar-refractivity contribution < 1.29 is 14.4 Å². The molecule has 7 nitrogen and oxygen atoms in total. The first-order valence-corrected chi connectivity index (χ1v) is 11.0. The second-order valence-electron chi connectivity index (χ2n) is 8.25. The van der Waals surface area contributed by atoms with E-state index in [4.69, 9.17) is 0 Å². The Morgan fingerprint density at radius 3 is 2.47 bits per heavy atom. The lowest BCUT2D eigenvalue weighted by molar-refractivity contribution is -0.128. The summed E-state index contributed by atoms with van der Waals surface area (Å²) in [5, 5.41) is 9.58. The van der Waals surface area contributed by atoms with Crippen LogP contribution in [0.2, 0.25) is 0 Å². The average Bonchev–Trinajstić information content (AvgIpc) is 3.15. The molecule has 7 heteroatoms. The van der Waals surface area contributed by atoms with Crippen molar-refractivity contribution in [3.8, 4) is 0 Å². The fourth-order valence-electron chi connectivity index (χ4n) is 4.39. The number of fused-ring (bicyclic) bond motifs is 1. The third-order valence-electron chi connectivity index (χ3n) is 6.08. The SMILES string of the molecule is Cn1c(C(=O)N[C@H]2CCCC[C@H]2C(=O)NCC(=O)Nc2ccccc2)cc2ccccc21. The van der Waals surface area contributed by atoms with Crippen molar-refractivity contribution in [2.75, 3.05) is 11.9 Å². The van der Waals surface area contributed by atoms with Gasteiger partial charge >= 0.3 is 0 Å². The molecule has 0 aliphatic heterocycles. The second-order valence-corrected chi connectivity index (χ2v) is 8.25. The Bertz CT molecular complexity index is 1120. The van der Waals surface area contributed by atoms with Crippen LogP contribution in [-0.2, 0) is 16.6 Å². The highest BCUT2D eigenvalue weighted by molar-refractivity contribution is 5.99. The summed E-state index contributed by atoms with van der Waals surface area (Å²) in [7, 11) is 1.87. The van der Waals surface area contributed by atoms with Crippen LogP contribution in [0.4, 0.5) is 5.69 Å². The summed E-state index contributed by atoms with van der Waals surface area (Å²) >= 11 is 0. The number of hydrogen-bond acceptors (Lipinski definition) is 3. The van der Waals surface area contributed by atoms with E-state index in [9.17, 15) is 14.4 Å². The van der Waals surface area contributed by atoms with Gasteiger partial charge in [0.05, 0.1) is 12.5 Å². The first-order chi connectivity index (χ1) is 15.5. The van der Waals surface area contributed by atoms with Gasteiger partial charge in [-0.25, -0.2) is 0 Å². The fraction of sp³-hybridized carbons (Fsp3) is 0.320. The molecule has 1 aliphatic rings. The van der Waals surface area contributed by atoms with Crippen LogP contribution in [0.15, 0.2) is 60.7 Å². The Morgan fingerprint density at radius 2 is 1.69 bits per heavy atom. The van der Waals surface area contributed by atoms with Crippen molar-refractivity contribution in [1.82, 2.24) is 15.2 Å². The van der Waals surface area contributed by atoms with Gasteiger partial charge in [-0.05, 0) is 37.1 Å². The highest BCUT2D eigenvalue weighted by atomic mass is 16.2. The Kier molecular flexibility index (Phi) is 6.54. The molecule has 1 aliphatic carbocycles. The van der Waals surface area contributed by atoms with Crippen LogP contribution in [0.5, 0.6) is 0 Å². The Balaban J connectivity index is 1.37. The average molecular weight is 433 g/mol. The summed E-state index contributed by atoms with van der Waals surface area (Å²) in [5.74, 6) is -1.02. The van der Waals surface area contributed by atoms with E-state index >= 15 is 0 Å². The van der Waals surface area contributed by atoms with Crippen LogP contribution in [0, 0.1) is 5.92 Å². The number of nitrogens with zero attached hydrogens (tertiary/aromatic N) is 1. The van der Waals surface area contributed by atoms with E-state index in [1.807, 2.05) is 60.1 Å². The van der Waals surface area contributed by atoms with Gasteiger partial charge in [-0.3, -0.25) is 14.4 Å². The van der Waals surface area contributed by atoms with Crippen molar-refractivity contribution in [1.29, 1.82) is 0 Å². The number of carbonyl (C=O) groups is 3. The number of hydrogen-bond donors (Lipinski definition) is 3. The van der Waals surface area contributed by atoms with Gasteiger partial charge in [0, 0.05) is 29.7 Å². The largest absolute Gasteiger partial charge is 0.347 e. The first kappa shape index (κ1) is 21.6. The predicted octanol–water partition coefficient (Wildman–Crippen LogP) is 3.22. The van der Waals surface area contributed by atoms with Crippen LogP contribution in [-0.4, -0.2) is 34.9 Å². The summed E-state index contributed by atoms with van der Waals surface area (Å²) < 4.78 is 1.87. The third-order valence-corrected chi connectivity index (χ3v) is 6.08. The number of nitrogens with one attached hydrogen (secondary N) is 3. The van der Waals surface area contributed by atoms with E-state index in [1.165, 1.54) is 0 Å². The van der Waals surface area contributed by atoms with Crippen molar-refractivity contribution in [3.63, 3.8) is 0 Å². The zero-order chi connectivity index (χ0) is 22.5. The number of aryl methyl sites for hydroxylation is 1.